The lowest BCUT2D eigenvalue weighted by Crippen LogP contribution is -2.34. The van der Waals surface area contributed by atoms with Gasteiger partial charge in [0.15, 0.2) is 0 Å². The number of ether oxygens (including phenoxy) is 1. The second-order valence-corrected chi connectivity index (χ2v) is 9.20. The Balaban J connectivity index is 1.34. The lowest BCUT2D eigenvalue weighted by Gasteiger charge is -2.38. The number of nitrogens with one attached hydrogen (secondary N) is 2. The highest BCUT2D eigenvalue weighted by Crippen LogP contribution is 2.50. The molecule has 2 N–H and O–H groups in total. The van der Waals surface area contributed by atoms with Crippen molar-refractivity contribution in [3.63, 3.8) is 0 Å². The quantitative estimate of drug-likeness (QED) is 0.538. The number of rotatable bonds is 4. The summed E-state index contributed by atoms with van der Waals surface area (Å²) in [7, 11) is 0. The first-order valence-electron chi connectivity index (χ1n) is 11.7. The van der Waals surface area contributed by atoms with Gasteiger partial charge in [0, 0.05) is 19.1 Å². The van der Waals surface area contributed by atoms with Crippen LogP contribution in [0.2, 0.25) is 0 Å². The molecule has 1 amide bonds. The number of fused-ring (bicyclic) bond motifs is 4. The fourth-order valence-electron chi connectivity index (χ4n) is 5.65. The lowest BCUT2D eigenvalue weighted by molar-refractivity contribution is 0.0858. The molecule has 3 aromatic rings. The number of carbonyl (C=O) groups excluding carboxylic acids is 1. The van der Waals surface area contributed by atoms with Crippen molar-refractivity contribution in [1.29, 1.82) is 0 Å². The molecule has 2 aliphatic heterocycles. The van der Waals surface area contributed by atoms with Gasteiger partial charge in [-0.05, 0) is 59.2 Å². The van der Waals surface area contributed by atoms with Gasteiger partial charge >= 0.3 is 0 Å². The third-order valence-corrected chi connectivity index (χ3v) is 7.29. The second-order valence-electron chi connectivity index (χ2n) is 9.20. The van der Waals surface area contributed by atoms with E-state index in [0.717, 1.165) is 37.1 Å². The van der Waals surface area contributed by atoms with Crippen LogP contribution in [-0.4, -0.2) is 25.2 Å². The fraction of sp³-hybridized carbons (Fsp3) is 0.321. The maximum absolute atomic E-state index is 13.2. The van der Waals surface area contributed by atoms with Crippen molar-refractivity contribution < 1.29 is 9.53 Å². The summed E-state index contributed by atoms with van der Waals surface area (Å²) in [5, 5.41) is 9.41. The number of hydrogen-bond acceptors (Lipinski definition) is 3. The van der Waals surface area contributed by atoms with Gasteiger partial charge in [0.25, 0.3) is 5.91 Å². The Morgan fingerprint density at radius 2 is 1.97 bits per heavy atom. The molecule has 4 unspecified atom stereocenters. The van der Waals surface area contributed by atoms with E-state index in [9.17, 15) is 4.79 Å². The Hall–Kier alpha value is -3.11. The highest BCUT2D eigenvalue weighted by Gasteiger charge is 2.39. The van der Waals surface area contributed by atoms with Crippen LogP contribution in [0.25, 0.3) is 10.8 Å². The third kappa shape index (κ3) is 3.39. The molecular weight excluding hydrogens is 396 g/mol. The van der Waals surface area contributed by atoms with Gasteiger partial charge in [-0.15, -0.1) is 0 Å². The number of hydrogen-bond donors (Lipinski definition) is 2. The first-order valence-corrected chi connectivity index (χ1v) is 11.7. The van der Waals surface area contributed by atoms with Crippen LogP contribution in [0.4, 0.5) is 5.69 Å². The van der Waals surface area contributed by atoms with E-state index in [1.807, 2.05) is 12.1 Å². The molecule has 0 aromatic heterocycles. The van der Waals surface area contributed by atoms with Gasteiger partial charge in [0.2, 0.25) is 0 Å². The van der Waals surface area contributed by atoms with Gasteiger partial charge in [-0.2, -0.15) is 0 Å². The predicted molar refractivity (Wildman–Crippen MR) is 128 cm³/mol. The van der Waals surface area contributed by atoms with Crippen LogP contribution in [0.3, 0.4) is 0 Å². The summed E-state index contributed by atoms with van der Waals surface area (Å²) in [4.78, 5) is 13.2. The van der Waals surface area contributed by atoms with Crippen molar-refractivity contribution in [1.82, 2.24) is 5.32 Å². The van der Waals surface area contributed by atoms with Gasteiger partial charge in [-0.25, -0.2) is 0 Å². The zero-order valence-electron chi connectivity index (χ0n) is 18.1. The van der Waals surface area contributed by atoms with E-state index in [-0.39, 0.29) is 18.1 Å². The Kier molecular flexibility index (Phi) is 4.95. The van der Waals surface area contributed by atoms with E-state index < -0.39 is 0 Å². The molecule has 1 aliphatic carbocycles. The van der Waals surface area contributed by atoms with E-state index in [1.54, 1.807) is 0 Å². The van der Waals surface area contributed by atoms with Gasteiger partial charge in [-0.1, -0.05) is 60.7 Å². The van der Waals surface area contributed by atoms with Crippen molar-refractivity contribution in [2.45, 2.75) is 37.3 Å². The highest BCUT2D eigenvalue weighted by molar-refractivity contribution is 6.01. The number of allylic oxidation sites excluding steroid dienone is 2. The highest BCUT2D eigenvalue weighted by atomic mass is 16.5. The normalized spacial score (nSPS) is 25.9. The van der Waals surface area contributed by atoms with Crippen molar-refractivity contribution in [3.05, 3.63) is 89.5 Å². The molecule has 4 nitrogen and oxygen atoms in total. The summed E-state index contributed by atoms with van der Waals surface area (Å²) >= 11 is 0. The van der Waals surface area contributed by atoms with Gasteiger partial charge in [-0.3, -0.25) is 4.79 Å². The molecular formula is C28H28N2O2. The average Bonchev–Trinajstić information content (AvgIpc) is 3.54. The van der Waals surface area contributed by atoms with Crippen LogP contribution in [-0.2, 0) is 4.74 Å². The van der Waals surface area contributed by atoms with E-state index in [1.165, 1.54) is 21.9 Å². The zero-order chi connectivity index (χ0) is 21.5. The molecule has 0 bridgehead atoms. The number of amides is 1. The topological polar surface area (TPSA) is 50.4 Å². The van der Waals surface area contributed by atoms with Crippen molar-refractivity contribution in [2.75, 3.05) is 18.5 Å². The van der Waals surface area contributed by atoms with Crippen molar-refractivity contribution in [2.24, 2.45) is 5.92 Å². The molecule has 3 aromatic carbocycles. The number of carbonyl (C=O) groups is 1. The van der Waals surface area contributed by atoms with E-state index in [0.29, 0.717) is 18.4 Å². The van der Waals surface area contributed by atoms with E-state index in [2.05, 4.69) is 71.3 Å². The largest absolute Gasteiger partial charge is 0.377 e. The molecule has 32 heavy (non-hydrogen) atoms. The molecule has 162 valence electrons. The van der Waals surface area contributed by atoms with Gasteiger partial charge in [0.05, 0.1) is 23.4 Å². The van der Waals surface area contributed by atoms with Crippen LogP contribution in [0.15, 0.2) is 72.8 Å². The Morgan fingerprint density at radius 1 is 1.06 bits per heavy atom. The van der Waals surface area contributed by atoms with Gasteiger partial charge in [0.1, 0.15) is 0 Å². The summed E-state index contributed by atoms with van der Waals surface area (Å²) < 4.78 is 5.68. The molecule has 4 atom stereocenters. The second kappa shape index (κ2) is 8.10. The average molecular weight is 425 g/mol. The van der Waals surface area contributed by atoms with E-state index in [4.69, 9.17) is 4.74 Å². The van der Waals surface area contributed by atoms with Crippen LogP contribution >= 0.6 is 0 Å². The smallest absolute Gasteiger partial charge is 0.253 e. The SMILES string of the molecule is O=C(NCC1CCCO1)c1cccc2c1NC(c1ccc3ccccc3c1)C1CC=CC21. The molecule has 1 fully saturated rings. The van der Waals surface area contributed by atoms with Crippen LogP contribution in [0.5, 0.6) is 0 Å². The fourth-order valence-corrected chi connectivity index (χ4v) is 5.65. The van der Waals surface area contributed by atoms with Crippen molar-refractivity contribution >= 4 is 22.4 Å². The van der Waals surface area contributed by atoms with Crippen LogP contribution in [0, 0.1) is 5.92 Å². The molecule has 6 rings (SSSR count). The zero-order valence-corrected chi connectivity index (χ0v) is 18.1. The summed E-state index contributed by atoms with van der Waals surface area (Å²) in [6, 6.07) is 21.5. The molecule has 2 heterocycles. The van der Waals surface area contributed by atoms with Crippen molar-refractivity contribution in [3.8, 4) is 0 Å². The first kappa shape index (κ1) is 19.6. The van der Waals surface area contributed by atoms with E-state index >= 15 is 0 Å². The van der Waals surface area contributed by atoms with Gasteiger partial charge < -0.3 is 15.4 Å². The summed E-state index contributed by atoms with van der Waals surface area (Å²) in [6.45, 7) is 1.37. The standard InChI is InChI=1S/C28H28N2O2/c31-28(29-17-21-8-5-15-32-21)25-12-4-11-24-22-9-3-10-23(22)26(30-27(24)25)20-14-13-18-6-1-2-7-19(18)16-20/h1-4,6-7,9,11-14,16,21-23,26,30H,5,8,10,15,17H2,(H,29,31). The Morgan fingerprint density at radius 3 is 2.84 bits per heavy atom. The summed E-state index contributed by atoms with van der Waals surface area (Å²) in [5.41, 5.74) is 4.21. The summed E-state index contributed by atoms with van der Waals surface area (Å²) in [6.07, 6.45) is 7.90. The molecule has 3 aliphatic rings. The molecule has 0 saturated carbocycles. The Labute approximate surface area is 188 Å². The molecule has 0 radical (unpaired) electrons. The monoisotopic (exact) mass is 424 g/mol. The minimum Gasteiger partial charge on any atom is -0.377 e. The Bertz CT molecular complexity index is 1200. The number of anilines is 1. The maximum atomic E-state index is 13.2. The third-order valence-electron chi connectivity index (χ3n) is 7.29. The summed E-state index contributed by atoms with van der Waals surface area (Å²) in [5.74, 6) is 0.755. The molecule has 0 spiro atoms. The number of para-hydroxylation sites is 1. The lowest BCUT2D eigenvalue weighted by atomic mass is 9.76. The minimum atomic E-state index is -0.0254. The van der Waals surface area contributed by atoms with Crippen LogP contribution in [0.1, 0.15) is 52.7 Å². The first-order chi connectivity index (χ1) is 15.8. The maximum Gasteiger partial charge on any atom is 0.253 e. The minimum absolute atomic E-state index is 0.0254. The predicted octanol–water partition coefficient (Wildman–Crippen LogP) is 5.58. The molecule has 1 saturated heterocycles. The van der Waals surface area contributed by atoms with Crippen LogP contribution < -0.4 is 10.6 Å². The number of benzene rings is 3. The molecule has 4 heteroatoms.